The van der Waals surface area contributed by atoms with E-state index in [0.717, 1.165) is 5.69 Å². The number of ether oxygens (including phenoxy) is 1. The van der Waals surface area contributed by atoms with Crippen molar-refractivity contribution < 1.29 is 9.53 Å². The SMILES string of the molecule is O=C(Nc1ccccc1Oc1ccccc1)c1ccnc(Nc2ccccc2)n1. The van der Waals surface area contributed by atoms with Crippen LogP contribution in [0.15, 0.2) is 97.2 Å². The molecule has 0 aliphatic carbocycles. The molecule has 0 unspecified atom stereocenters. The molecule has 29 heavy (non-hydrogen) atoms. The van der Waals surface area contributed by atoms with E-state index in [1.54, 1.807) is 24.4 Å². The molecule has 6 heteroatoms. The van der Waals surface area contributed by atoms with Gasteiger partial charge in [-0.25, -0.2) is 9.97 Å². The maximum Gasteiger partial charge on any atom is 0.274 e. The smallest absolute Gasteiger partial charge is 0.274 e. The Kier molecular flexibility index (Phi) is 5.43. The van der Waals surface area contributed by atoms with Gasteiger partial charge in [0.25, 0.3) is 5.91 Å². The zero-order valence-electron chi connectivity index (χ0n) is 15.4. The lowest BCUT2D eigenvalue weighted by Gasteiger charge is -2.12. The fraction of sp³-hybridized carbons (Fsp3) is 0. The maximum atomic E-state index is 12.7. The summed E-state index contributed by atoms with van der Waals surface area (Å²) in [7, 11) is 0. The summed E-state index contributed by atoms with van der Waals surface area (Å²) in [5.41, 5.74) is 1.64. The number of carbonyl (C=O) groups is 1. The normalized spacial score (nSPS) is 10.2. The molecule has 0 radical (unpaired) electrons. The van der Waals surface area contributed by atoms with Gasteiger partial charge in [0, 0.05) is 11.9 Å². The van der Waals surface area contributed by atoms with E-state index in [1.165, 1.54) is 0 Å². The van der Waals surface area contributed by atoms with Crippen LogP contribution >= 0.6 is 0 Å². The number of carbonyl (C=O) groups excluding carboxylic acids is 1. The van der Waals surface area contributed by atoms with Crippen LogP contribution in [0.2, 0.25) is 0 Å². The number of benzene rings is 3. The molecule has 3 aromatic carbocycles. The third kappa shape index (κ3) is 4.75. The fourth-order valence-electron chi connectivity index (χ4n) is 2.66. The first-order valence-electron chi connectivity index (χ1n) is 9.06. The maximum absolute atomic E-state index is 12.7. The van der Waals surface area contributed by atoms with E-state index >= 15 is 0 Å². The van der Waals surface area contributed by atoms with Gasteiger partial charge in [-0.1, -0.05) is 48.5 Å². The van der Waals surface area contributed by atoms with Crippen molar-refractivity contribution in [1.29, 1.82) is 0 Å². The van der Waals surface area contributed by atoms with Crippen LogP contribution in [0.1, 0.15) is 10.5 Å². The quantitative estimate of drug-likeness (QED) is 0.475. The molecule has 4 rings (SSSR count). The molecule has 0 spiro atoms. The third-order valence-corrected chi connectivity index (χ3v) is 4.02. The molecule has 0 atom stereocenters. The standard InChI is InChI=1S/C23H18N4O2/c28-22(20-15-16-24-23(27-20)25-17-9-3-1-4-10-17)26-19-13-7-8-14-21(19)29-18-11-5-2-6-12-18/h1-16H,(H,26,28)(H,24,25,27). The highest BCUT2D eigenvalue weighted by Gasteiger charge is 2.13. The largest absolute Gasteiger partial charge is 0.455 e. The van der Waals surface area contributed by atoms with Gasteiger partial charge in [-0.2, -0.15) is 0 Å². The van der Waals surface area contributed by atoms with Crippen molar-refractivity contribution >= 4 is 23.2 Å². The van der Waals surface area contributed by atoms with Gasteiger partial charge in [-0.3, -0.25) is 4.79 Å². The van der Waals surface area contributed by atoms with E-state index in [9.17, 15) is 4.79 Å². The fourth-order valence-corrected chi connectivity index (χ4v) is 2.66. The molecule has 0 saturated carbocycles. The van der Waals surface area contributed by atoms with Crippen LogP contribution < -0.4 is 15.4 Å². The number of nitrogens with one attached hydrogen (secondary N) is 2. The highest BCUT2D eigenvalue weighted by Crippen LogP contribution is 2.29. The Bertz CT molecular complexity index is 1100. The van der Waals surface area contributed by atoms with E-state index in [-0.39, 0.29) is 11.6 Å². The minimum Gasteiger partial charge on any atom is -0.455 e. The highest BCUT2D eigenvalue weighted by atomic mass is 16.5. The predicted octanol–water partition coefficient (Wildman–Crippen LogP) is 5.26. The molecule has 0 bridgehead atoms. The molecule has 142 valence electrons. The summed E-state index contributed by atoms with van der Waals surface area (Å²) in [4.78, 5) is 21.2. The summed E-state index contributed by atoms with van der Waals surface area (Å²) in [5, 5.41) is 5.94. The topological polar surface area (TPSA) is 76.1 Å². The molecular weight excluding hydrogens is 364 g/mol. The molecule has 1 amide bonds. The molecule has 4 aromatic rings. The van der Waals surface area contributed by atoms with E-state index in [0.29, 0.717) is 23.1 Å². The van der Waals surface area contributed by atoms with Crippen LogP contribution in [0.3, 0.4) is 0 Å². The molecule has 0 saturated heterocycles. The number of amides is 1. The zero-order valence-corrected chi connectivity index (χ0v) is 15.4. The average Bonchev–Trinajstić information content (AvgIpc) is 2.77. The van der Waals surface area contributed by atoms with Crippen molar-refractivity contribution in [2.75, 3.05) is 10.6 Å². The Morgan fingerprint density at radius 1 is 0.793 bits per heavy atom. The van der Waals surface area contributed by atoms with Crippen molar-refractivity contribution in [2.24, 2.45) is 0 Å². The van der Waals surface area contributed by atoms with E-state index in [1.807, 2.05) is 72.8 Å². The first-order valence-corrected chi connectivity index (χ1v) is 9.06. The van der Waals surface area contributed by atoms with Gasteiger partial charge in [-0.15, -0.1) is 0 Å². The number of nitrogens with zero attached hydrogens (tertiary/aromatic N) is 2. The van der Waals surface area contributed by atoms with E-state index in [2.05, 4.69) is 20.6 Å². The predicted molar refractivity (Wildman–Crippen MR) is 113 cm³/mol. The van der Waals surface area contributed by atoms with Gasteiger partial charge in [0.2, 0.25) is 5.95 Å². The molecule has 0 aliphatic heterocycles. The Morgan fingerprint density at radius 2 is 1.48 bits per heavy atom. The second kappa shape index (κ2) is 8.67. The highest BCUT2D eigenvalue weighted by molar-refractivity contribution is 6.03. The van der Waals surface area contributed by atoms with E-state index in [4.69, 9.17) is 4.74 Å². The third-order valence-electron chi connectivity index (χ3n) is 4.02. The molecular formula is C23H18N4O2. The summed E-state index contributed by atoms with van der Waals surface area (Å²) in [6, 6.07) is 27.7. The number of rotatable bonds is 6. The summed E-state index contributed by atoms with van der Waals surface area (Å²) >= 11 is 0. The van der Waals surface area contributed by atoms with Gasteiger partial charge >= 0.3 is 0 Å². The Balaban J connectivity index is 1.51. The van der Waals surface area contributed by atoms with Crippen molar-refractivity contribution in [3.8, 4) is 11.5 Å². The molecule has 1 heterocycles. The van der Waals surface area contributed by atoms with Crippen LogP contribution in [0.4, 0.5) is 17.3 Å². The lowest BCUT2D eigenvalue weighted by Crippen LogP contribution is -2.15. The van der Waals surface area contributed by atoms with Crippen molar-refractivity contribution in [3.05, 3.63) is 103 Å². The molecule has 0 aliphatic rings. The lowest BCUT2D eigenvalue weighted by atomic mass is 10.2. The van der Waals surface area contributed by atoms with Crippen molar-refractivity contribution in [2.45, 2.75) is 0 Å². The van der Waals surface area contributed by atoms with Crippen LogP contribution in [0, 0.1) is 0 Å². The van der Waals surface area contributed by atoms with Crippen LogP contribution in [0.5, 0.6) is 11.5 Å². The summed E-state index contributed by atoms with van der Waals surface area (Å²) in [6.07, 6.45) is 1.54. The van der Waals surface area contributed by atoms with Gasteiger partial charge < -0.3 is 15.4 Å². The average molecular weight is 382 g/mol. The molecule has 1 aromatic heterocycles. The lowest BCUT2D eigenvalue weighted by molar-refractivity contribution is 0.102. The van der Waals surface area contributed by atoms with Crippen molar-refractivity contribution in [1.82, 2.24) is 9.97 Å². The Labute approximate surface area is 168 Å². The van der Waals surface area contributed by atoms with Gasteiger partial charge in [0.1, 0.15) is 11.4 Å². The first-order chi connectivity index (χ1) is 14.3. The second-order valence-corrected chi connectivity index (χ2v) is 6.12. The van der Waals surface area contributed by atoms with Gasteiger partial charge in [0.15, 0.2) is 5.75 Å². The van der Waals surface area contributed by atoms with Gasteiger partial charge in [0.05, 0.1) is 5.69 Å². The minimum absolute atomic E-state index is 0.243. The second-order valence-electron chi connectivity index (χ2n) is 6.12. The monoisotopic (exact) mass is 382 g/mol. The summed E-state index contributed by atoms with van der Waals surface area (Å²) < 4.78 is 5.89. The number of hydrogen-bond acceptors (Lipinski definition) is 5. The van der Waals surface area contributed by atoms with E-state index < -0.39 is 0 Å². The van der Waals surface area contributed by atoms with Crippen LogP contribution in [0.25, 0.3) is 0 Å². The first kappa shape index (κ1) is 18.2. The summed E-state index contributed by atoms with van der Waals surface area (Å²) in [5.74, 6) is 1.22. The number of anilines is 3. The number of hydrogen-bond donors (Lipinski definition) is 2. The van der Waals surface area contributed by atoms with Gasteiger partial charge in [-0.05, 0) is 42.5 Å². The number of aromatic nitrogens is 2. The number of para-hydroxylation sites is 4. The summed E-state index contributed by atoms with van der Waals surface area (Å²) in [6.45, 7) is 0. The van der Waals surface area contributed by atoms with Crippen LogP contribution in [-0.4, -0.2) is 15.9 Å². The Hall–Kier alpha value is -4.19. The molecule has 6 nitrogen and oxygen atoms in total. The van der Waals surface area contributed by atoms with Crippen LogP contribution in [-0.2, 0) is 0 Å². The van der Waals surface area contributed by atoms with Crippen molar-refractivity contribution in [3.63, 3.8) is 0 Å². The Morgan fingerprint density at radius 3 is 2.28 bits per heavy atom. The molecule has 2 N–H and O–H groups in total. The minimum atomic E-state index is -0.354. The zero-order chi connectivity index (χ0) is 19.9. The molecule has 0 fully saturated rings.